The third kappa shape index (κ3) is 4.63. The maximum atomic E-state index is 13.2. The molecule has 3 aliphatic rings. The van der Waals surface area contributed by atoms with Crippen molar-refractivity contribution in [2.45, 2.75) is 37.5 Å². The Balaban J connectivity index is 1.20. The lowest BCUT2D eigenvalue weighted by Crippen LogP contribution is -2.56. The number of carbonyl (C=O) groups excluding carboxylic acids is 1. The molecule has 6 nitrogen and oxygen atoms in total. The number of nitrogens with zero attached hydrogens (tertiary/aromatic N) is 5. The van der Waals surface area contributed by atoms with Gasteiger partial charge in [-0.1, -0.05) is 23.7 Å². The summed E-state index contributed by atoms with van der Waals surface area (Å²) in [5, 5.41) is -0.307. The van der Waals surface area contributed by atoms with Crippen LogP contribution in [0.15, 0.2) is 43.0 Å². The van der Waals surface area contributed by atoms with Gasteiger partial charge in [0.15, 0.2) is 0 Å². The third-order valence-electron chi connectivity index (χ3n) is 6.97. The van der Waals surface area contributed by atoms with Crippen LogP contribution in [0.2, 0.25) is 5.02 Å². The number of alkyl halides is 3. The molecule has 34 heavy (non-hydrogen) atoms. The number of anilines is 1. The summed E-state index contributed by atoms with van der Waals surface area (Å²) < 4.78 is 39.6. The SMILES string of the molecule is O=C(CN1CC2CCC(C1)N2c1cncnc1)N1CC=C(c2ccc(Cl)c(C(F)(F)F)c2)CC1. The second-order valence-electron chi connectivity index (χ2n) is 9.09. The Kier molecular flexibility index (Phi) is 6.24. The highest BCUT2D eigenvalue weighted by Crippen LogP contribution is 2.37. The lowest BCUT2D eigenvalue weighted by Gasteiger charge is -2.42. The van der Waals surface area contributed by atoms with Gasteiger partial charge in [0.05, 0.1) is 35.2 Å². The zero-order valence-corrected chi connectivity index (χ0v) is 19.3. The number of fused-ring (bicyclic) bond motifs is 2. The van der Waals surface area contributed by atoms with Gasteiger partial charge in [-0.05, 0) is 42.5 Å². The van der Waals surface area contributed by atoms with Gasteiger partial charge in [0.1, 0.15) is 6.33 Å². The fourth-order valence-corrected chi connectivity index (χ4v) is 5.58. The van der Waals surface area contributed by atoms with Crippen molar-refractivity contribution in [2.75, 3.05) is 37.6 Å². The lowest BCUT2D eigenvalue weighted by atomic mass is 9.97. The Morgan fingerprint density at radius 2 is 1.82 bits per heavy atom. The van der Waals surface area contributed by atoms with Crippen LogP contribution < -0.4 is 4.90 Å². The predicted octanol–water partition coefficient (Wildman–Crippen LogP) is 4.12. The average molecular weight is 492 g/mol. The van der Waals surface area contributed by atoms with E-state index < -0.39 is 11.7 Å². The summed E-state index contributed by atoms with van der Waals surface area (Å²) in [4.78, 5) is 27.6. The van der Waals surface area contributed by atoms with Crippen molar-refractivity contribution in [1.82, 2.24) is 19.8 Å². The van der Waals surface area contributed by atoms with E-state index >= 15 is 0 Å². The van der Waals surface area contributed by atoms with Crippen LogP contribution in [0.5, 0.6) is 0 Å². The molecule has 2 fully saturated rings. The van der Waals surface area contributed by atoms with E-state index in [9.17, 15) is 18.0 Å². The van der Waals surface area contributed by atoms with Gasteiger partial charge in [-0.2, -0.15) is 13.2 Å². The van der Waals surface area contributed by atoms with Crippen LogP contribution in [0, 0.1) is 0 Å². The smallest absolute Gasteiger partial charge is 0.360 e. The van der Waals surface area contributed by atoms with E-state index in [0.717, 1.165) is 43.3 Å². The van der Waals surface area contributed by atoms with Crippen molar-refractivity contribution in [3.63, 3.8) is 0 Å². The van der Waals surface area contributed by atoms with Crippen LogP contribution in [-0.4, -0.2) is 70.5 Å². The number of rotatable bonds is 4. The predicted molar refractivity (Wildman–Crippen MR) is 123 cm³/mol. The molecule has 0 radical (unpaired) electrons. The second kappa shape index (κ2) is 9.19. The largest absolute Gasteiger partial charge is 0.417 e. The van der Waals surface area contributed by atoms with Crippen molar-refractivity contribution in [2.24, 2.45) is 0 Å². The monoisotopic (exact) mass is 491 g/mol. The van der Waals surface area contributed by atoms with Crippen LogP contribution >= 0.6 is 11.6 Å². The molecule has 0 saturated carbocycles. The molecule has 2 saturated heterocycles. The number of amides is 1. The first-order valence-corrected chi connectivity index (χ1v) is 11.8. The zero-order chi connectivity index (χ0) is 23.9. The van der Waals surface area contributed by atoms with Gasteiger partial charge in [-0.25, -0.2) is 9.97 Å². The first kappa shape index (κ1) is 23.1. The molecule has 180 valence electrons. The maximum Gasteiger partial charge on any atom is 0.417 e. The number of aromatic nitrogens is 2. The van der Waals surface area contributed by atoms with Crippen LogP contribution in [0.3, 0.4) is 0 Å². The third-order valence-corrected chi connectivity index (χ3v) is 7.30. The number of likely N-dealkylation sites (tertiary alicyclic amines) is 1. The van der Waals surface area contributed by atoms with E-state index in [1.807, 2.05) is 18.5 Å². The van der Waals surface area contributed by atoms with Gasteiger partial charge in [0.2, 0.25) is 5.91 Å². The van der Waals surface area contributed by atoms with Gasteiger partial charge in [0.25, 0.3) is 0 Å². The Morgan fingerprint density at radius 3 is 2.44 bits per heavy atom. The molecule has 2 unspecified atom stereocenters. The number of halogens is 4. The molecule has 1 aromatic heterocycles. The Labute approximate surface area is 201 Å². The normalized spacial score (nSPS) is 23.2. The molecule has 2 bridgehead atoms. The van der Waals surface area contributed by atoms with Gasteiger partial charge < -0.3 is 9.80 Å². The highest BCUT2D eigenvalue weighted by atomic mass is 35.5. The molecule has 3 aliphatic heterocycles. The molecular formula is C24H25ClF3N5O. The molecule has 2 atom stereocenters. The van der Waals surface area contributed by atoms with Crippen molar-refractivity contribution in [3.8, 4) is 0 Å². The number of benzene rings is 1. The molecular weight excluding hydrogens is 467 g/mol. The van der Waals surface area contributed by atoms with E-state index in [1.54, 1.807) is 11.0 Å². The minimum Gasteiger partial charge on any atom is -0.360 e. The summed E-state index contributed by atoms with van der Waals surface area (Å²) in [5.74, 6) is 0.0540. The number of hydrogen-bond donors (Lipinski definition) is 0. The number of carbonyl (C=O) groups is 1. The molecule has 0 N–H and O–H groups in total. The van der Waals surface area contributed by atoms with Gasteiger partial charge in [0, 0.05) is 38.3 Å². The maximum absolute atomic E-state index is 13.2. The highest BCUT2D eigenvalue weighted by Gasteiger charge is 2.41. The van der Waals surface area contributed by atoms with E-state index in [-0.39, 0.29) is 10.9 Å². The Hall–Kier alpha value is -2.65. The topological polar surface area (TPSA) is 52.6 Å². The summed E-state index contributed by atoms with van der Waals surface area (Å²) in [6.45, 7) is 2.87. The summed E-state index contributed by atoms with van der Waals surface area (Å²) >= 11 is 5.74. The number of piperazine rings is 1. The Morgan fingerprint density at radius 1 is 1.12 bits per heavy atom. The minimum absolute atomic E-state index is 0.0540. The molecule has 2 aromatic rings. The minimum atomic E-state index is -4.50. The van der Waals surface area contributed by atoms with Crippen molar-refractivity contribution < 1.29 is 18.0 Å². The number of hydrogen-bond acceptors (Lipinski definition) is 5. The van der Waals surface area contributed by atoms with E-state index in [0.29, 0.717) is 43.7 Å². The van der Waals surface area contributed by atoms with Gasteiger partial charge >= 0.3 is 6.18 Å². The Bertz CT molecular complexity index is 1080. The quantitative estimate of drug-likeness (QED) is 0.644. The molecule has 4 heterocycles. The first-order valence-electron chi connectivity index (χ1n) is 11.4. The standard InChI is InChI=1S/C24H25ClF3N5O/c25-22-4-1-17(9-21(22)24(26,27)28)16-5-7-32(8-6-16)23(34)14-31-12-18-2-3-19(13-31)33(18)20-10-29-15-30-11-20/h1,4-5,9-11,15,18-19H,2-3,6-8,12-14H2. The summed E-state index contributed by atoms with van der Waals surface area (Å²) in [6.07, 6.45) is 5.24. The molecule has 1 amide bonds. The van der Waals surface area contributed by atoms with Crippen LogP contribution in [0.25, 0.3) is 5.57 Å². The zero-order valence-electron chi connectivity index (χ0n) is 18.5. The molecule has 1 aromatic carbocycles. The van der Waals surface area contributed by atoms with Crippen molar-refractivity contribution in [3.05, 3.63) is 59.1 Å². The molecule has 5 rings (SSSR count). The van der Waals surface area contributed by atoms with Gasteiger partial charge in [-0.15, -0.1) is 0 Å². The lowest BCUT2D eigenvalue weighted by molar-refractivity contribution is -0.137. The van der Waals surface area contributed by atoms with Crippen LogP contribution in [-0.2, 0) is 11.0 Å². The highest BCUT2D eigenvalue weighted by molar-refractivity contribution is 6.31. The fourth-order valence-electron chi connectivity index (χ4n) is 5.36. The molecule has 0 spiro atoms. The molecule has 10 heteroatoms. The van der Waals surface area contributed by atoms with Crippen LogP contribution in [0.1, 0.15) is 30.4 Å². The average Bonchev–Trinajstić information content (AvgIpc) is 3.09. The van der Waals surface area contributed by atoms with Crippen LogP contribution in [0.4, 0.5) is 18.9 Å². The second-order valence-corrected chi connectivity index (χ2v) is 9.50. The first-order chi connectivity index (χ1) is 16.3. The molecule has 0 aliphatic carbocycles. The van der Waals surface area contributed by atoms with Crippen molar-refractivity contribution >= 4 is 28.8 Å². The summed E-state index contributed by atoms with van der Waals surface area (Å²) in [6, 6.07) is 4.68. The van der Waals surface area contributed by atoms with E-state index in [2.05, 4.69) is 19.8 Å². The van der Waals surface area contributed by atoms with Crippen molar-refractivity contribution in [1.29, 1.82) is 0 Å². The van der Waals surface area contributed by atoms with E-state index in [4.69, 9.17) is 11.6 Å². The van der Waals surface area contributed by atoms with E-state index in [1.165, 1.54) is 12.4 Å². The fraction of sp³-hybridized carbons (Fsp3) is 0.458. The summed E-state index contributed by atoms with van der Waals surface area (Å²) in [5.41, 5.74) is 1.51. The summed E-state index contributed by atoms with van der Waals surface area (Å²) in [7, 11) is 0. The van der Waals surface area contributed by atoms with Gasteiger partial charge in [-0.3, -0.25) is 9.69 Å².